The summed E-state index contributed by atoms with van der Waals surface area (Å²) in [5, 5.41) is 20.0. The standard InChI is InChI=1S/C13H15N5O2/c19-8-7-17(11-5-6-11)13(20)10-1-3-12(4-2-10)18-9-14-15-16-18/h1-4,9,11,19H,5-8H2. The Kier molecular flexibility index (Phi) is 3.42. The summed E-state index contributed by atoms with van der Waals surface area (Å²) in [6, 6.07) is 7.40. The predicted molar refractivity (Wildman–Crippen MR) is 70.3 cm³/mol. The molecule has 0 bridgehead atoms. The lowest BCUT2D eigenvalue weighted by molar-refractivity contribution is 0.0707. The predicted octanol–water partition coefficient (Wildman–Crippen LogP) is 0.259. The lowest BCUT2D eigenvalue weighted by Gasteiger charge is -2.21. The molecule has 1 amide bonds. The Hall–Kier alpha value is -2.28. The summed E-state index contributed by atoms with van der Waals surface area (Å²) in [5.74, 6) is -0.0372. The highest BCUT2D eigenvalue weighted by molar-refractivity contribution is 5.94. The van der Waals surface area contributed by atoms with E-state index < -0.39 is 0 Å². The topological polar surface area (TPSA) is 84.1 Å². The molecule has 3 rings (SSSR count). The second-order valence-corrected chi connectivity index (χ2v) is 4.75. The van der Waals surface area contributed by atoms with E-state index in [2.05, 4.69) is 15.5 Å². The number of hydrogen-bond acceptors (Lipinski definition) is 5. The summed E-state index contributed by atoms with van der Waals surface area (Å²) in [6.07, 6.45) is 3.54. The van der Waals surface area contributed by atoms with Crippen LogP contribution in [0.5, 0.6) is 0 Å². The van der Waals surface area contributed by atoms with Crippen molar-refractivity contribution in [3.05, 3.63) is 36.2 Å². The van der Waals surface area contributed by atoms with Crippen molar-refractivity contribution in [2.24, 2.45) is 0 Å². The quantitative estimate of drug-likeness (QED) is 0.844. The highest BCUT2D eigenvalue weighted by Crippen LogP contribution is 2.28. The summed E-state index contributed by atoms with van der Waals surface area (Å²) >= 11 is 0. The second-order valence-electron chi connectivity index (χ2n) is 4.75. The number of carbonyl (C=O) groups is 1. The third-order valence-corrected chi connectivity index (χ3v) is 3.32. The summed E-state index contributed by atoms with van der Waals surface area (Å²) in [4.78, 5) is 14.1. The van der Waals surface area contributed by atoms with Gasteiger partial charge in [-0.3, -0.25) is 4.79 Å². The normalized spacial score (nSPS) is 14.2. The van der Waals surface area contributed by atoms with Crippen molar-refractivity contribution in [3.63, 3.8) is 0 Å². The minimum atomic E-state index is -0.0372. The summed E-state index contributed by atoms with van der Waals surface area (Å²) in [6.45, 7) is 0.378. The molecule has 1 aromatic heterocycles. The van der Waals surface area contributed by atoms with Crippen LogP contribution in [0.15, 0.2) is 30.6 Å². The van der Waals surface area contributed by atoms with Crippen LogP contribution in [0.2, 0.25) is 0 Å². The largest absolute Gasteiger partial charge is 0.395 e. The molecule has 1 N–H and O–H groups in total. The zero-order chi connectivity index (χ0) is 13.9. The second kappa shape index (κ2) is 5.38. The van der Waals surface area contributed by atoms with Gasteiger partial charge in [-0.15, -0.1) is 5.10 Å². The monoisotopic (exact) mass is 273 g/mol. The fourth-order valence-electron chi connectivity index (χ4n) is 2.15. The van der Waals surface area contributed by atoms with Gasteiger partial charge >= 0.3 is 0 Å². The van der Waals surface area contributed by atoms with Gasteiger partial charge in [0.1, 0.15) is 6.33 Å². The molecule has 1 aromatic carbocycles. The van der Waals surface area contributed by atoms with Crippen molar-refractivity contribution in [3.8, 4) is 5.69 Å². The van der Waals surface area contributed by atoms with E-state index in [1.807, 2.05) is 0 Å². The van der Waals surface area contributed by atoms with Gasteiger partial charge in [0.05, 0.1) is 12.3 Å². The summed E-state index contributed by atoms with van der Waals surface area (Å²) in [7, 11) is 0. The molecule has 104 valence electrons. The Bertz CT molecular complexity index is 577. The first-order valence-corrected chi connectivity index (χ1v) is 6.55. The molecule has 2 aromatic rings. The van der Waals surface area contributed by atoms with Crippen molar-refractivity contribution in [2.45, 2.75) is 18.9 Å². The van der Waals surface area contributed by atoms with E-state index in [4.69, 9.17) is 5.11 Å². The molecule has 7 nitrogen and oxygen atoms in total. The molecule has 0 aliphatic heterocycles. The van der Waals surface area contributed by atoms with Crippen LogP contribution >= 0.6 is 0 Å². The molecule has 1 saturated carbocycles. The van der Waals surface area contributed by atoms with Crippen LogP contribution in [-0.2, 0) is 0 Å². The zero-order valence-corrected chi connectivity index (χ0v) is 10.9. The highest BCUT2D eigenvalue weighted by atomic mass is 16.3. The molecule has 0 saturated heterocycles. The number of aromatic nitrogens is 4. The summed E-state index contributed by atoms with van der Waals surface area (Å²) in [5.41, 5.74) is 1.41. The van der Waals surface area contributed by atoms with E-state index in [-0.39, 0.29) is 18.6 Å². The molecule has 0 spiro atoms. The van der Waals surface area contributed by atoms with Crippen molar-refractivity contribution < 1.29 is 9.90 Å². The Morgan fingerprint density at radius 3 is 2.65 bits per heavy atom. The van der Waals surface area contributed by atoms with Gasteiger partial charge in [-0.1, -0.05) is 0 Å². The van der Waals surface area contributed by atoms with Gasteiger partial charge in [0.15, 0.2) is 0 Å². The number of benzene rings is 1. The van der Waals surface area contributed by atoms with E-state index in [0.29, 0.717) is 12.1 Å². The smallest absolute Gasteiger partial charge is 0.254 e. The molecule has 1 fully saturated rings. The van der Waals surface area contributed by atoms with Crippen LogP contribution < -0.4 is 0 Å². The van der Waals surface area contributed by atoms with Gasteiger partial charge in [-0.25, -0.2) is 4.68 Å². The Balaban J connectivity index is 1.78. The minimum absolute atomic E-state index is 0.00898. The van der Waals surface area contributed by atoms with Crippen LogP contribution in [-0.4, -0.2) is 55.3 Å². The number of hydrogen-bond donors (Lipinski definition) is 1. The van der Waals surface area contributed by atoms with Crippen molar-refractivity contribution in [2.75, 3.05) is 13.2 Å². The minimum Gasteiger partial charge on any atom is -0.395 e. The Morgan fingerprint density at radius 2 is 2.10 bits per heavy atom. The van der Waals surface area contributed by atoms with Gasteiger partial charge in [0.2, 0.25) is 0 Å². The van der Waals surface area contributed by atoms with Crippen LogP contribution in [0, 0.1) is 0 Å². The molecule has 7 heteroatoms. The van der Waals surface area contributed by atoms with E-state index in [1.165, 1.54) is 11.0 Å². The van der Waals surface area contributed by atoms with Crippen LogP contribution in [0.25, 0.3) is 5.69 Å². The maximum atomic E-state index is 12.4. The van der Waals surface area contributed by atoms with Gasteiger partial charge < -0.3 is 10.0 Å². The number of amides is 1. The molecular formula is C13H15N5O2. The zero-order valence-electron chi connectivity index (χ0n) is 10.9. The van der Waals surface area contributed by atoms with E-state index >= 15 is 0 Å². The molecule has 0 unspecified atom stereocenters. The first-order chi connectivity index (χ1) is 9.79. The van der Waals surface area contributed by atoms with Crippen molar-refractivity contribution in [1.82, 2.24) is 25.1 Å². The molecule has 0 atom stereocenters. The number of aliphatic hydroxyl groups is 1. The Morgan fingerprint density at radius 1 is 1.35 bits per heavy atom. The van der Waals surface area contributed by atoms with Crippen molar-refractivity contribution in [1.29, 1.82) is 0 Å². The molecule has 20 heavy (non-hydrogen) atoms. The number of aliphatic hydroxyl groups excluding tert-OH is 1. The molecular weight excluding hydrogens is 258 g/mol. The third-order valence-electron chi connectivity index (χ3n) is 3.32. The maximum absolute atomic E-state index is 12.4. The Labute approximate surface area is 115 Å². The first kappa shape index (κ1) is 12.7. The van der Waals surface area contributed by atoms with Gasteiger partial charge in [-0.05, 0) is 47.5 Å². The highest BCUT2D eigenvalue weighted by Gasteiger charge is 2.32. The fraction of sp³-hybridized carbons (Fsp3) is 0.385. The molecule has 1 aliphatic carbocycles. The van der Waals surface area contributed by atoms with Gasteiger partial charge in [-0.2, -0.15) is 0 Å². The number of nitrogens with zero attached hydrogens (tertiary/aromatic N) is 5. The van der Waals surface area contributed by atoms with Crippen LogP contribution in [0.1, 0.15) is 23.2 Å². The molecule has 0 radical (unpaired) electrons. The average molecular weight is 273 g/mol. The number of rotatable bonds is 5. The van der Waals surface area contributed by atoms with Gasteiger partial charge in [0.25, 0.3) is 5.91 Å². The average Bonchev–Trinajstić information content (AvgIpc) is 3.17. The van der Waals surface area contributed by atoms with Crippen LogP contribution in [0.4, 0.5) is 0 Å². The van der Waals surface area contributed by atoms with E-state index in [0.717, 1.165) is 18.5 Å². The van der Waals surface area contributed by atoms with Gasteiger partial charge in [0, 0.05) is 18.2 Å². The van der Waals surface area contributed by atoms with E-state index in [1.54, 1.807) is 29.2 Å². The maximum Gasteiger partial charge on any atom is 0.254 e. The van der Waals surface area contributed by atoms with E-state index in [9.17, 15) is 4.79 Å². The lowest BCUT2D eigenvalue weighted by atomic mass is 10.1. The third kappa shape index (κ3) is 2.53. The number of carbonyl (C=O) groups excluding carboxylic acids is 1. The molecule has 1 heterocycles. The van der Waals surface area contributed by atoms with Crippen LogP contribution in [0.3, 0.4) is 0 Å². The first-order valence-electron chi connectivity index (χ1n) is 6.55. The number of tetrazole rings is 1. The SMILES string of the molecule is O=C(c1ccc(-n2cnnn2)cc1)N(CCO)C1CC1. The lowest BCUT2D eigenvalue weighted by Crippen LogP contribution is -2.35. The molecule has 1 aliphatic rings. The van der Waals surface area contributed by atoms with Crippen molar-refractivity contribution >= 4 is 5.91 Å². The fourth-order valence-corrected chi connectivity index (χ4v) is 2.15. The summed E-state index contributed by atoms with van der Waals surface area (Å²) < 4.78 is 1.53.